The topological polar surface area (TPSA) is 96.7 Å². The van der Waals surface area contributed by atoms with E-state index in [1.807, 2.05) is 6.92 Å². The fraction of sp³-hybridized carbons (Fsp3) is 0.231. The van der Waals surface area contributed by atoms with Crippen molar-refractivity contribution in [2.45, 2.75) is 20.4 Å². The molecule has 20 heavy (non-hydrogen) atoms. The van der Waals surface area contributed by atoms with Gasteiger partial charge in [-0.3, -0.25) is 4.79 Å². The number of H-pyrrole nitrogens is 1. The molecule has 2 N–H and O–H groups in total. The van der Waals surface area contributed by atoms with Gasteiger partial charge >= 0.3 is 0 Å². The Morgan fingerprint density at radius 2 is 2.30 bits per heavy atom. The number of aromatic amines is 1. The Balaban J connectivity index is 1.92. The highest BCUT2D eigenvalue weighted by molar-refractivity contribution is 6.05. The number of amides is 1. The molecular formula is C13H13N5O2. The number of aryl methyl sites for hydroxylation is 2. The molecule has 7 heteroatoms. The van der Waals surface area contributed by atoms with Crippen molar-refractivity contribution in [3.05, 3.63) is 41.2 Å². The molecule has 3 rings (SSSR count). The summed E-state index contributed by atoms with van der Waals surface area (Å²) in [7, 11) is 0. The second kappa shape index (κ2) is 4.76. The van der Waals surface area contributed by atoms with Gasteiger partial charge in [0.1, 0.15) is 0 Å². The van der Waals surface area contributed by atoms with E-state index in [0.29, 0.717) is 34.6 Å². The largest absolute Gasteiger partial charge is 0.347 e. The number of fused-ring (bicyclic) bond motifs is 1. The first-order chi connectivity index (χ1) is 9.65. The van der Waals surface area contributed by atoms with E-state index >= 15 is 0 Å². The van der Waals surface area contributed by atoms with Gasteiger partial charge in [-0.15, -0.1) is 0 Å². The summed E-state index contributed by atoms with van der Waals surface area (Å²) in [6.07, 6.45) is 3.23. The van der Waals surface area contributed by atoms with E-state index < -0.39 is 0 Å². The maximum absolute atomic E-state index is 12.3. The highest BCUT2D eigenvalue weighted by atomic mass is 16.5. The minimum atomic E-state index is -0.193. The standard InChI is InChI=1S/C13H13N5O2/c1-7-3-10(11-8(2)18-20-13(11)17-7)12(19)15-5-9-4-14-6-16-9/h3-4,6H,5H2,1-2H3,(H,14,16)(H,15,19). The third-order valence-electron chi connectivity index (χ3n) is 2.98. The molecule has 7 nitrogen and oxygen atoms in total. The van der Waals surface area contributed by atoms with Gasteiger partial charge in [0, 0.05) is 11.9 Å². The van der Waals surface area contributed by atoms with E-state index in [1.54, 1.807) is 25.5 Å². The number of imidazole rings is 1. The van der Waals surface area contributed by atoms with E-state index in [1.165, 1.54) is 0 Å². The van der Waals surface area contributed by atoms with E-state index in [0.717, 1.165) is 5.69 Å². The number of carbonyl (C=O) groups excluding carboxylic acids is 1. The molecule has 3 aromatic heterocycles. The first kappa shape index (κ1) is 12.3. The van der Waals surface area contributed by atoms with Crippen molar-refractivity contribution >= 4 is 17.0 Å². The van der Waals surface area contributed by atoms with Crippen LogP contribution in [0.15, 0.2) is 23.1 Å². The normalized spacial score (nSPS) is 10.9. The Morgan fingerprint density at radius 3 is 3.05 bits per heavy atom. The molecule has 3 aromatic rings. The summed E-state index contributed by atoms with van der Waals surface area (Å²) < 4.78 is 5.11. The lowest BCUT2D eigenvalue weighted by atomic mass is 10.1. The van der Waals surface area contributed by atoms with Crippen molar-refractivity contribution in [2.75, 3.05) is 0 Å². The number of aromatic nitrogens is 4. The monoisotopic (exact) mass is 271 g/mol. The van der Waals surface area contributed by atoms with Crippen molar-refractivity contribution in [1.82, 2.24) is 25.4 Å². The van der Waals surface area contributed by atoms with Crippen molar-refractivity contribution in [3.8, 4) is 0 Å². The van der Waals surface area contributed by atoms with Crippen LogP contribution >= 0.6 is 0 Å². The predicted molar refractivity (Wildman–Crippen MR) is 71.0 cm³/mol. The molecule has 0 unspecified atom stereocenters. The van der Waals surface area contributed by atoms with Crippen LogP contribution in [-0.4, -0.2) is 26.0 Å². The lowest BCUT2D eigenvalue weighted by Crippen LogP contribution is -2.23. The van der Waals surface area contributed by atoms with Crippen LogP contribution in [0.4, 0.5) is 0 Å². The highest BCUT2D eigenvalue weighted by Gasteiger charge is 2.17. The van der Waals surface area contributed by atoms with Crippen LogP contribution in [0.1, 0.15) is 27.4 Å². The summed E-state index contributed by atoms with van der Waals surface area (Å²) in [5, 5.41) is 7.34. The zero-order chi connectivity index (χ0) is 14.1. The molecule has 0 aromatic carbocycles. The van der Waals surface area contributed by atoms with Gasteiger partial charge in [-0.1, -0.05) is 5.16 Å². The number of hydrogen-bond donors (Lipinski definition) is 2. The number of nitrogens with zero attached hydrogens (tertiary/aromatic N) is 3. The van der Waals surface area contributed by atoms with Crippen molar-refractivity contribution in [3.63, 3.8) is 0 Å². The summed E-state index contributed by atoms with van der Waals surface area (Å²) in [5.41, 5.74) is 3.10. The molecule has 0 atom stereocenters. The zero-order valence-electron chi connectivity index (χ0n) is 11.1. The minimum Gasteiger partial charge on any atom is -0.347 e. The SMILES string of the molecule is Cc1cc(C(=O)NCc2cnc[nH]2)c2c(C)noc2n1. The number of hydrogen-bond acceptors (Lipinski definition) is 5. The van der Waals surface area contributed by atoms with E-state index in [9.17, 15) is 4.79 Å². The molecular weight excluding hydrogens is 258 g/mol. The third kappa shape index (κ3) is 2.13. The van der Waals surface area contributed by atoms with E-state index in [2.05, 4.69) is 25.4 Å². The smallest absolute Gasteiger partial charge is 0.258 e. The van der Waals surface area contributed by atoms with Crippen LogP contribution in [0.2, 0.25) is 0 Å². The van der Waals surface area contributed by atoms with Gasteiger partial charge in [0.15, 0.2) is 0 Å². The summed E-state index contributed by atoms with van der Waals surface area (Å²) in [5.74, 6) is -0.193. The summed E-state index contributed by atoms with van der Waals surface area (Å²) in [6, 6.07) is 1.73. The Bertz CT molecular complexity index is 761. The molecule has 0 aliphatic rings. The second-order valence-electron chi connectivity index (χ2n) is 4.52. The molecule has 1 amide bonds. The molecule has 0 bridgehead atoms. The Hall–Kier alpha value is -2.70. The molecule has 3 heterocycles. The molecule has 0 saturated heterocycles. The molecule has 0 fully saturated rings. The quantitative estimate of drug-likeness (QED) is 0.752. The second-order valence-corrected chi connectivity index (χ2v) is 4.52. The lowest BCUT2D eigenvalue weighted by Gasteiger charge is -2.05. The molecule has 0 spiro atoms. The van der Waals surface area contributed by atoms with Crippen molar-refractivity contribution in [1.29, 1.82) is 0 Å². The zero-order valence-corrected chi connectivity index (χ0v) is 11.1. The van der Waals surface area contributed by atoms with Gasteiger partial charge < -0.3 is 14.8 Å². The van der Waals surface area contributed by atoms with Crippen molar-refractivity contribution < 1.29 is 9.32 Å². The molecule has 0 radical (unpaired) electrons. The average Bonchev–Trinajstić information content (AvgIpc) is 3.05. The van der Waals surface area contributed by atoms with Gasteiger partial charge in [-0.2, -0.15) is 0 Å². The van der Waals surface area contributed by atoms with Crippen LogP contribution < -0.4 is 5.32 Å². The lowest BCUT2D eigenvalue weighted by molar-refractivity contribution is 0.0952. The number of pyridine rings is 1. The van der Waals surface area contributed by atoms with E-state index in [-0.39, 0.29) is 5.91 Å². The minimum absolute atomic E-state index is 0.193. The van der Waals surface area contributed by atoms with Gasteiger partial charge in [0.25, 0.3) is 11.6 Å². The number of carbonyl (C=O) groups is 1. The van der Waals surface area contributed by atoms with Gasteiger partial charge in [-0.25, -0.2) is 9.97 Å². The Morgan fingerprint density at radius 1 is 1.45 bits per heavy atom. The van der Waals surface area contributed by atoms with Gasteiger partial charge in [0.05, 0.1) is 35.2 Å². The maximum Gasteiger partial charge on any atom is 0.258 e. The van der Waals surface area contributed by atoms with Gasteiger partial charge in [-0.05, 0) is 19.9 Å². The van der Waals surface area contributed by atoms with E-state index in [4.69, 9.17) is 4.52 Å². The van der Waals surface area contributed by atoms with Crippen LogP contribution in [0.5, 0.6) is 0 Å². The average molecular weight is 271 g/mol. The van der Waals surface area contributed by atoms with Crippen LogP contribution in [0.3, 0.4) is 0 Å². The fourth-order valence-corrected chi connectivity index (χ4v) is 2.05. The highest BCUT2D eigenvalue weighted by Crippen LogP contribution is 2.21. The first-order valence-corrected chi connectivity index (χ1v) is 6.14. The molecule has 102 valence electrons. The fourth-order valence-electron chi connectivity index (χ4n) is 2.05. The summed E-state index contributed by atoms with van der Waals surface area (Å²) >= 11 is 0. The predicted octanol–water partition coefficient (Wildman–Crippen LogP) is 1.49. The molecule has 0 aliphatic carbocycles. The van der Waals surface area contributed by atoms with Crippen LogP contribution in [0, 0.1) is 13.8 Å². The third-order valence-corrected chi connectivity index (χ3v) is 2.98. The first-order valence-electron chi connectivity index (χ1n) is 6.14. The summed E-state index contributed by atoms with van der Waals surface area (Å²) in [4.78, 5) is 23.4. The molecule has 0 aliphatic heterocycles. The Kier molecular flexibility index (Phi) is 2.94. The van der Waals surface area contributed by atoms with Gasteiger partial charge in [0.2, 0.25) is 0 Å². The summed E-state index contributed by atoms with van der Waals surface area (Å²) in [6.45, 7) is 3.98. The number of nitrogens with one attached hydrogen (secondary N) is 2. The maximum atomic E-state index is 12.3. The van der Waals surface area contributed by atoms with Crippen LogP contribution in [-0.2, 0) is 6.54 Å². The van der Waals surface area contributed by atoms with Crippen molar-refractivity contribution in [2.24, 2.45) is 0 Å². The molecule has 0 saturated carbocycles. The van der Waals surface area contributed by atoms with Crippen LogP contribution in [0.25, 0.3) is 11.1 Å². The Labute approximate surface area is 114 Å². The number of rotatable bonds is 3.